The molecule has 19 heavy (non-hydrogen) atoms. The summed E-state index contributed by atoms with van der Waals surface area (Å²) in [6.45, 7) is 6.70. The number of carbonyl (C=O) groups excluding carboxylic acids is 1. The Hall–Kier alpha value is -1.62. The third-order valence-corrected chi connectivity index (χ3v) is 3.72. The third-order valence-electron chi connectivity index (χ3n) is 2.53. The van der Waals surface area contributed by atoms with E-state index in [0.29, 0.717) is 17.3 Å². The molecule has 1 N–H and O–H groups in total. The predicted molar refractivity (Wildman–Crippen MR) is 77.5 cm³/mol. The minimum absolute atomic E-state index is 0.0169. The lowest BCUT2D eigenvalue weighted by Gasteiger charge is -2.18. The zero-order chi connectivity index (χ0) is 14.6. The maximum atomic E-state index is 12.2. The second-order valence-electron chi connectivity index (χ2n) is 4.91. The highest BCUT2D eigenvalue weighted by Crippen LogP contribution is 2.24. The lowest BCUT2D eigenvalue weighted by Crippen LogP contribution is -2.29. The molecule has 0 aliphatic heterocycles. The molecule has 4 nitrogen and oxygen atoms in total. The zero-order valence-corrected chi connectivity index (χ0v) is 12.5. The van der Waals surface area contributed by atoms with Crippen molar-refractivity contribution in [3.05, 3.63) is 27.5 Å². The number of carboxylic acid groups (broad SMARTS) is 1. The zero-order valence-electron chi connectivity index (χ0n) is 11.6. The summed E-state index contributed by atoms with van der Waals surface area (Å²) < 4.78 is 0. The molecule has 1 aromatic heterocycles. The van der Waals surface area contributed by atoms with Crippen LogP contribution in [0.1, 0.15) is 34.0 Å². The van der Waals surface area contributed by atoms with E-state index in [9.17, 15) is 9.59 Å². The number of amides is 1. The molecule has 0 unspecified atom stereocenters. The van der Waals surface area contributed by atoms with E-state index in [2.05, 4.69) is 13.8 Å². The van der Waals surface area contributed by atoms with Gasteiger partial charge in [0.15, 0.2) is 0 Å². The van der Waals surface area contributed by atoms with Gasteiger partial charge in [-0.3, -0.25) is 4.79 Å². The van der Waals surface area contributed by atoms with E-state index in [-0.39, 0.29) is 5.91 Å². The summed E-state index contributed by atoms with van der Waals surface area (Å²) in [7, 11) is 1.78. The molecule has 5 heteroatoms. The lowest BCUT2D eigenvalue weighted by atomic mass is 10.2. The van der Waals surface area contributed by atoms with Gasteiger partial charge >= 0.3 is 5.97 Å². The topological polar surface area (TPSA) is 57.6 Å². The van der Waals surface area contributed by atoms with E-state index in [1.807, 2.05) is 13.0 Å². The first-order valence-corrected chi connectivity index (χ1v) is 6.89. The third kappa shape index (κ3) is 4.52. The van der Waals surface area contributed by atoms with Gasteiger partial charge in [0.2, 0.25) is 0 Å². The number of hydrogen-bond donors (Lipinski definition) is 1. The molecular weight excluding hydrogens is 262 g/mol. The fraction of sp³-hybridized carbons (Fsp3) is 0.429. The monoisotopic (exact) mass is 281 g/mol. The Kier molecular flexibility index (Phi) is 5.30. The van der Waals surface area contributed by atoms with Crippen LogP contribution in [0.4, 0.5) is 0 Å². The number of hydrogen-bond acceptors (Lipinski definition) is 3. The second kappa shape index (κ2) is 6.52. The molecular formula is C14H19NO3S. The fourth-order valence-corrected chi connectivity index (χ4v) is 2.80. The largest absolute Gasteiger partial charge is 0.478 e. The summed E-state index contributed by atoms with van der Waals surface area (Å²) in [5.74, 6) is -0.587. The number of aryl methyl sites for hydroxylation is 1. The average molecular weight is 281 g/mol. The van der Waals surface area contributed by atoms with Crippen molar-refractivity contribution in [1.29, 1.82) is 0 Å². The average Bonchev–Trinajstić information content (AvgIpc) is 2.66. The second-order valence-corrected chi connectivity index (χ2v) is 5.99. The van der Waals surface area contributed by atoms with Crippen molar-refractivity contribution in [2.75, 3.05) is 13.6 Å². The van der Waals surface area contributed by atoms with Crippen LogP contribution < -0.4 is 0 Å². The highest BCUT2D eigenvalue weighted by molar-refractivity contribution is 7.15. The molecule has 0 bridgehead atoms. The molecule has 1 heterocycles. The highest BCUT2D eigenvalue weighted by Gasteiger charge is 2.16. The summed E-state index contributed by atoms with van der Waals surface area (Å²) in [5.41, 5.74) is 0.920. The number of rotatable bonds is 5. The molecule has 0 saturated heterocycles. The van der Waals surface area contributed by atoms with E-state index in [1.54, 1.807) is 11.9 Å². The minimum Gasteiger partial charge on any atom is -0.478 e. The van der Waals surface area contributed by atoms with E-state index in [4.69, 9.17) is 5.11 Å². The van der Waals surface area contributed by atoms with Crippen molar-refractivity contribution < 1.29 is 14.7 Å². The van der Waals surface area contributed by atoms with Gasteiger partial charge in [-0.2, -0.15) is 0 Å². The van der Waals surface area contributed by atoms with Crippen LogP contribution in [0, 0.1) is 12.8 Å². The Morgan fingerprint density at radius 3 is 2.63 bits per heavy atom. The summed E-state index contributed by atoms with van der Waals surface area (Å²) in [4.78, 5) is 25.8. The first-order chi connectivity index (χ1) is 8.81. The van der Waals surface area contributed by atoms with Crippen LogP contribution in [0.3, 0.4) is 0 Å². The van der Waals surface area contributed by atoms with E-state index in [1.165, 1.54) is 17.4 Å². The molecule has 0 radical (unpaired) electrons. The molecule has 0 atom stereocenters. The normalized spacial score (nSPS) is 11.2. The van der Waals surface area contributed by atoms with Gasteiger partial charge in [0.05, 0.1) is 4.88 Å². The number of aliphatic carboxylic acids is 1. The van der Waals surface area contributed by atoms with Crippen LogP contribution in [0.2, 0.25) is 0 Å². The molecule has 0 aliphatic carbocycles. The molecule has 1 rings (SSSR count). The number of carboxylic acids is 1. The van der Waals surface area contributed by atoms with Gasteiger partial charge in [-0.15, -0.1) is 11.3 Å². The molecule has 1 amide bonds. The van der Waals surface area contributed by atoms with Gasteiger partial charge in [0, 0.05) is 24.5 Å². The van der Waals surface area contributed by atoms with Gasteiger partial charge < -0.3 is 10.0 Å². The maximum absolute atomic E-state index is 12.2. The number of carbonyl (C=O) groups is 2. The number of thiophene rings is 1. The smallest absolute Gasteiger partial charge is 0.328 e. The SMILES string of the molecule is Cc1cc(C(=O)N(C)CC(C)C)sc1C=CC(=O)O. The summed E-state index contributed by atoms with van der Waals surface area (Å²) in [6.07, 6.45) is 2.62. The molecule has 104 valence electrons. The molecule has 0 fully saturated rings. The Morgan fingerprint density at radius 1 is 1.47 bits per heavy atom. The lowest BCUT2D eigenvalue weighted by molar-refractivity contribution is -0.131. The van der Waals surface area contributed by atoms with Crippen LogP contribution in [0.5, 0.6) is 0 Å². The Morgan fingerprint density at radius 2 is 2.11 bits per heavy atom. The van der Waals surface area contributed by atoms with Gasteiger partial charge in [-0.05, 0) is 30.5 Å². The van der Waals surface area contributed by atoms with Gasteiger partial charge in [-0.25, -0.2) is 4.79 Å². The molecule has 0 aromatic carbocycles. The summed E-state index contributed by atoms with van der Waals surface area (Å²) >= 11 is 1.32. The van der Waals surface area contributed by atoms with Crippen LogP contribution in [-0.4, -0.2) is 35.5 Å². The van der Waals surface area contributed by atoms with Crippen LogP contribution in [-0.2, 0) is 4.79 Å². The van der Waals surface area contributed by atoms with Crippen LogP contribution >= 0.6 is 11.3 Å². The van der Waals surface area contributed by atoms with Crippen molar-refractivity contribution in [3.63, 3.8) is 0 Å². The Bertz CT molecular complexity index is 503. The van der Waals surface area contributed by atoms with Crippen LogP contribution in [0.25, 0.3) is 6.08 Å². The maximum Gasteiger partial charge on any atom is 0.328 e. The summed E-state index contributed by atoms with van der Waals surface area (Å²) in [6, 6.07) is 1.81. The molecule has 0 spiro atoms. The van der Waals surface area contributed by atoms with Crippen molar-refractivity contribution in [3.8, 4) is 0 Å². The van der Waals surface area contributed by atoms with E-state index in [0.717, 1.165) is 16.5 Å². The van der Waals surface area contributed by atoms with Gasteiger partial charge in [-0.1, -0.05) is 13.8 Å². The first kappa shape index (κ1) is 15.4. The van der Waals surface area contributed by atoms with Crippen molar-refractivity contribution in [2.24, 2.45) is 5.92 Å². The van der Waals surface area contributed by atoms with Crippen molar-refractivity contribution in [2.45, 2.75) is 20.8 Å². The fourth-order valence-electron chi connectivity index (χ4n) is 1.73. The van der Waals surface area contributed by atoms with Crippen molar-refractivity contribution >= 4 is 29.3 Å². The summed E-state index contributed by atoms with van der Waals surface area (Å²) in [5, 5.41) is 8.61. The van der Waals surface area contributed by atoms with E-state index < -0.39 is 5.97 Å². The van der Waals surface area contributed by atoms with Crippen molar-refractivity contribution in [1.82, 2.24) is 4.90 Å². The predicted octanol–water partition coefficient (Wildman–Crippen LogP) is 2.88. The van der Waals surface area contributed by atoms with Crippen LogP contribution in [0.15, 0.2) is 12.1 Å². The number of nitrogens with zero attached hydrogens (tertiary/aromatic N) is 1. The molecule has 0 aliphatic rings. The standard InChI is InChI=1S/C14H19NO3S/c1-9(2)8-15(4)14(18)12-7-10(3)11(19-12)5-6-13(16)17/h5-7,9H,8H2,1-4H3,(H,16,17). The van der Waals surface area contributed by atoms with E-state index >= 15 is 0 Å². The Labute approximate surface area is 117 Å². The van der Waals surface area contributed by atoms with Gasteiger partial charge in [0.25, 0.3) is 5.91 Å². The molecule has 1 aromatic rings. The molecule has 0 saturated carbocycles. The van der Waals surface area contributed by atoms with Gasteiger partial charge in [0.1, 0.15) is 0 Å². The highest BCUT2D eigenvalue weighted by atomic mass is 32.1. The Balaban J connectivity index is 2.88. The minimum atomic E-state index is -0.988. The quantitative estimate of drug-likeness (QED) is 0.844. The first-order valence-electron chi connectivity index (χ1n) is 6.08.